The van der Waals surface area contributed by atoms with Crippen LogP contribution < -0.4 is 25.8 Å². The van der Waals surface area contributed by atoms with Gasteiger partial charge < -0.3 is 24.8 Å². The van der Waals surface area contributed by atoms with Crippen molar-refractivity contribution in [2.75, 3.05) is 31.1 Å². The highest BCUT2D eigenvalue weighted by Crippen LogP contribution is 2.23. The molecule has 0 aliphatic carbocycles. The molecule has 0 atom stereocenters. The zero-order valence-corrected chi connectivity index (χ0v) is 14.9. The van der Waals surface area contributed by atoms with Crippen LogP contribution in [-0.2, 0) is 9.53 Å². The molecule has 1 rings (SSSR count). The minimum Gasteiger partial charge on any atom is -0.488 e. The van der Waals surface area contributed by atoms with Gasteiger partial charge in [-0.05, 0) is 34.1 Å². The molecule has 0 saturated heterocycles. The molecule has 0 aliphatic heterocycles. The monoisotopic (exact) mass is 356 g/mol. The molecule has 0 aromatic heterocycles. The third-order valence-corrected chi connectivity index (χ3v) is 3.07. The summed E-state index contributed by atoms with van der Waals surface area (Å²) in [4.78, 5) is 47.5. The Morgan fingerprint density at radius 1 is 1.20 bits per heavy atom. The fraction of sp³-hybridized carbons (Fsp3) is 0.625. The van der Waals surface area contributed by atoms with Crippen LogP contribution in [-0.4, -0.2) is 49.0 Å². The minimum absolute atomic E-state index is 0.0352. The quantitative estimate of drug-likeness (QED) is 0.372. The summed E-state index contributed by atoms with van der Waals surface area (Å²) in [6.07, 6.45) is -0.831. The molecule has 0 aliphatic rings. The lowest BCUT2D eigenvalue weighted by Crippen LogP contribution is -2.45. The molecule has 1 aromatic carbocycles. The van der Waals surface area contributed by atoms with Crippen LogP contribution in [0.1, 0.15) is 34.1 Å². The largest absolute Gasteiger partial charge is 0.488 e. The van der Waals surface area contributed by atoms with E-state index in [0.717, 1.165) is 0 Å². The lowest BCUT2D eigenvalue weighted by atomic mass is 10.1. The number of anilines is 1. The second-order valence-electron chi connectivity index (χ2n) is 6.36. The number of hydrogen-bond donors (Lipinski definition) is 2. The van der Waals surface area contributed by atoms with Gasteiger partial charge in [0.25, 0.3) is 10.9 Å². The first-order valence-corrected chi connectivity index (χ1v) is 7.96. The van der Waals surface area contributed by atoms with E-state index in [1.54, 1.807) is 27.7 Å². The Morgan fingerprint density at radius 2 is 1.84 bits per heavy atom. The van der Waals surface area contributed by atoms with Crippen LogP contribution in [0.3, 0.4) is 0 Å². The summed E-state index contributed by atoms with van der Waals surface area (Å²) in [5.74, 6) is -0.628. The lowest BCUT2D eigenvalue weighted by Gasteiger charge is -2.28. The van der Waals surface area contributed by atoms with Crippen molar-refractivity contribution in [1.29, 1.82) is 0 Å². The zero-order chi connectivity index (χ0) is 19.2. The average Bonchev–Trinajstić information content (AvgIpc) is 2.48. The first-order chi connectivity index (χ1) is 11.6. The highest BCUT2D eigenvalue weighted by Gasteiger charge is 2.29. The normalized spacial score (nSPS) is 11.2. The molecule has 0 saturated carbocycles. The summed E-state index contributed by atoms with van der Waals surface area (Å²) in [6, 6.07) is 0. The molecule has 9 nitrogen and oxygen atoms in total. The summed E-state index contributed by atoms with van der Waals surface area (Å²) in [5, 5.41) is 10.8. The maximum atomic E-state index is 12.1. The van der Waals surface area contributed by atoms with Gasteiger partial charge in [0.05, 0.1) is 6.61 Å². The molecule has 0 radical (unpaired) electrons. The number of carboxylic acid groups (broad SMARTS) is 1. The van der Waals surface area contributed by atoms with Gasteiger partial charge in [-0.15, -0.1) is 0 Å². The van der Waals surface area contributed by atoms with Crippen LogP contribution in [0.15, 0.2) is 9.59 Å². The van der Waals surface area contributed by atoms with E-state index >= 15 is 0 Å². The number of ether oxygens (including phenoxy) is 2. The van der Waals surface area contributed by atoms with Crippen molar-refractivity contribution in [3.63, 3.8) is 0 Å². The van der Waals surface area contributed by atoms with Gasteiger partial charge in [0.2, 0.25) is 0 Å². The molecule has 25 heavy (non-hydrogen) atoms. The van der Waals surface area contributed by atoms with Gasteiger partial charge in [-0.25, -0.2) is 4.79 Å². The molecular formula is C16H24N2O7. The Bertz CT molecular complexity index is 683. The molecule has 0 spiro atoms. The Labute approximate surface area is 145 Å². The summed E-state index contributed by atoms with van der Waals surface area (Å²) in [5.41, 5.74) is -2.11. The van der Waals surface area contributed by atoms with Crippen LogP contribution in [0.5, 0.6) is 5.75 Å². The summed E-state index contributed by atoms with van der Waals surface area (Å²) >= 11 is 0. The van der Waals surface area contributed by atoms with Gasteiger partial charge in [-0.2, -0.15) is 0 Å². The predicted molar refractivity (Wildman–Crippen MR) is 91.2 cm³/mol. The number of carbonyl (C=O) groups is 2. The lowest BCUT2D eigenvalue weighted by molar-refractivity contribution is -0.153. The number of amides is 1. The maximum Gasteiger partial charge on any atom is 0.404 e. The van der Waals surface area contributed by atoms with E-state index in [0.29, 0.717) is 6.42 Å². The van der Waals surface area contributed by atoms with Gasteiger partial charge in [0, 0.05) is 13.1 Å². The second kappa shape index (κ2) is 8.50. The minimum atomic E-state index is -1.16. The van der Waals surface area contributed by atoms with Crippen LogP contribution in [0.4, 0.5) is 10.5 Å². The Hall–Kier alpha value is -2.58. The van der Waals surface area contributed by atoms with Crippen molar-refractivity contribution < 1.29 is 24.2 Å². The van der Waals surface area contributed by atoms with E-state index < -0.39 is 28.5 Å². The van der Waals surface area contributed by atoms with Gasteiger partial charge in [0.15, 0.2) is 5.75 Å². The molecular weight excluding hydrogens is 332 g/mol. The standard InChI is InChI=1S/C16H24N2O7/c1-5-24-14-11(12(20)13(14)21)18(8-6-7-17-15(22)23)9-10(19)25-16(2,3)4/h17H,5-9H2,1-4H3,(H,22,23). The highest BCUT2D eigenvalue weighted by atomic mass is 16.6. The number of nitrogens with one attached hydrogen (secondary N) is 1. The molecule has 0 fully saturated rings. The van der Waals surface area contributed by atoms with E-state index in [9.17, 15) is 19.2 Å². The third kappa shape index (κ3) is 6.09. The molecule has 2 N–H and O–H groups in total. The first kappa shape index (κ1) is 20.5. The van der Waals surface area contributed by atoms with E-state index in [4.69, 9.17) is 14.6 Å². The Balaban J connectivity index is 2.90. The van der Waals surface area contributed by atoms with E-state index in [2.05, 4.69) is 5.32 Å². The third-order valence-electron chi connectivity index (χ3n) is 3.07. The Morgan fingerprint density at radius 3 is 2.36 bits per heavy atom. The number of esters is 1. The van der Waals surface area contributed by atoms with Crippen molar-refractivity contribution in [2.45, 2.75) is 39.7 Å². The highest BCUT2D eigenvalue weighted by molar-refractivity contribution is 5.78. The number of rotatable bonds is 9. The van der Waals surface area contributed by atoms with E-state index in [-0.39, 0.29) is 37.7 Å². The molecule has 1 amide bonds. The van der Waals surface area contributed by atoms with E-state index in [1.807, 2.05) is 0 Å². The van der Waals surface area contributed by atoms with Gasteiger partial charge in [-0.1, -0.05) is 0 Å². The number of nitrogens with zero attached hydrogens (tertiary/aromatic N) is 1. The molecule has 0 heterocycles. The SMILES string of the molecule is CCOc1c(N(CCCNC(=O)O)CC(=O)OC(C)(C)C)c(=O)c1=O. The molecule has 140 valence electrons. The molecule has 1 aromatic rings. The average molecular weight is 356 g/mol. The number of carbonyl (C=O) groups excluding carboxylic acids is 1. The van der Waals surface area contributed by atoms with Crippen LogP contribution >= 0.6 is 0 Å². The van der Waals surface area contributed by atoms with Crippen molar-refractivity contribution >= 4 is 17.7 Å². The summed E-state index contributed by atoms with van der Waals surface area (Å²) in [6.45, 7) is 7.12. The predicted octanol–water partition coefficient (Wildman–Crippen LogP) is 0.487. The van der Waals surface area contributed by atoms with Gasteiger partial charge in [0.1, 0.15) is 17.8 Å². The molecule has 0 unspecified atom stereocenters. The smallest absolute Gasteiger partial charge is 0.404 e. The van der Waals surface area contributed by atoms with Gasteiger partial charge >= 0.3 is 12.1 Å². The van der Waals surface area contributed by atoms with Gasteiger partial charge in [-0.3, -0.25) is 14.4 Å². The Kier molecular flexibility index (Phi) is 6.96. The van der Waals surface area contributed by atoms with Crippen molar-refractivity contribution in [3.05, 3.63) is 20.4 Å². The second-order valence-corrected chi connectivity index (χ2v) is 6.36. The van der Waals surface area contributed by atoms with Crippen molar-refractivity contribution in [2.24, 2.45) is 0 Å². The van der Waals surface area contributed by atoms with Crippen LogP contribution in [0.2, 0.25) is 0 Å². The fourth-order valence-electron chi connectivity index (χ4n) is 2.19. The zero-order valence-electron chi connectivity index (χ0n) is 14.9. The summed E-state index contributed by atoms with van der Waals surface area (Å²) in [7, 11) is 0. The van der Waals surface area contributed by atoms with Crippen molar-refractivity contribution in [1.82, 2.24) is 5.32 Å². The van der Waals surface area contributed by atoms with Crippen LogP contribution in [0, 0.1) is 0 Å². The molecule has 9 heteroatoms. The maximum absolute atomic E-state index is 12.1. The number of hydrogen-bond acceptors (Lipinski definition) is 7. The summed E-state index contributed by atoms with van der Waals surface area (Å²) < 4.78 is 10.4. The molecule has 0 bridgehead atoms. The van der Waals surface area contributed by atoms with E-state index in [1.165, 1.54) is 4.90 Å². The van der Waals surface area contributed by atoms with Crippen molar-refractivity contribution in [3.8, 4) is 5.75 Å². The fourth-order valence-corrected chi connectivity index (χ4v) is 2.19. The van der Waals surface area contributed by atoms with Crippen LogP contribution in [0.25, 0.3) is 0 Å². The topological polar surface area (TPSA) is 122 Å². The first-order valence-electron chi connectivity index (χ1n) is 7.96.